The van der Waals surface area contributed by atoms with Crippen LogP contribution in [0.1, 0.15) is 5.69 Å². The number of aliphatic imine (C=N–C) groups is 1. The maximum Gasteiger partial charge on any atom is 0.186 e. The summed E-state index contributed by atoms with van der Waals surface area (Å²) < 4.78 is 1.56. The first-order valence-corrected chi connectivity index (χ1v) is 8.13. The van der Waals surface area contributed by atoms with Crippen LogP contribution in [0.4, 0.5) is 0 Å². The first kappa shape index (κ1) is 21.0. The van der Waals surface area contributed by atoms with Gasteiger partial charge in [0, 0.05) is 6.20 Å². The summed E-state index contributed by atoms with van der Waals surface area (Å²) in [7, 11) is 0. The number of aromatic nitrogens is 4. The lowest BCUT2D eigenvalue weighted by Crippen LogP contribution is -2.38. The maximum atomic E-state index is 10.2. The van der Waals surface area contributed by atoms with E-state index in [2.05, 4.69) is 25.6 Å². The van der Waals surface area contributed by atoms with Crippen molar-refractivity contribution in [2.45, 2.75) is 37.4 Å². The molecule has 2 aromatic heterocycles. The molecule has 4 atom stereocenters. The van der Waals surface area contributed by atoms with Gasteiger partial charge in [-0.1, -0.05) is 11.3 Å². The van der Waals surface area contributed by atoms with Crippen LogP contribution in [0.25, 0.3) is 11.4 Å². The Morgan fingerprint density at radius 1 is 1.22 bits per heavy atom. The van der Waals surface area contributed by atoms with Crippen LogP contribution in [0.15, 0.2) is 29.4 Å². The summed E-state index contributed by atoms with van der Waals surface area (Å²) >= 11 is 0. The third-order valence-corrected chi connectivity index (χ3v) is 4.33. The largest absolute Gasteiger partial charge is 0.395 e. The number of hydrogen-bond acceptors (Lipinski definition) is 8. The molecule has 0 aromatic carbocycles. The summed E-state index contributed by atoms with van der Waals surface area (Å²) in [4.78, 5) is 8.29. The first-order valence-electron chi connectivity index (χ1n) is 8.13. The molecule has 0 aliphatic carbocycles. The summed E-state index contributed by atoms with van der Waals surface area (Å²) in [5.41, 5.74) is 12.6. The molecule has 1 fully saturated rings. The van der Waals surface area contributed by atoms with E-state index in [-0.39, 0.29) is 38.1 Å². The van der Waals surface area contributed by atoms with Gasteiger partial charge in [-0.3, -0.25) is 4.98 Å². The molecule has 148 valence electrons. The quantitative estimate of drug-likeness (QED) is 0.228. The van der Waals surface area contributed by atoms with Gasteiger partial charge in [-0.05, 0) is 12.1 Å². The molecule has 0 saturated carbocycles. The van der Waals surface area contributed by atoms with Crippen molar-refractivity contribution in [3.8, 4) is 11.4 Å². The molecule has 12 heteroatoms. The van der Waals surface area contributed by atoms with Gasteiger partial charge in [0.05, 0.1) is 55.4 Å². The molecule has 3 heterocycles. The van der Waals surface area contributed by atoms with Crippen molar-refractivity contribution in [2.75, 3.05) is 6.61 Å². The second-order valence-corrected chi connectivity index (χ2v) is 6.07. The third kappa shape index (κ3) is 4.51. The van der Waals surface area contributed by atoms with Crippen molar-refractivity contribution >= 4 is 18.4 Å². The van der Waals surface area contributed by atoms with Crippen molar-refractivity contribution in [1.29, 1.82) is 0 Å². The van der Waals surface area contributed by atoms with Crippen LogP contribution in [0, 0.1) is 0 Å². The molecular formula is C15H23ClN8O3. The average Bonchev–Trinajstić information content (AvgIpc) is 3.16. The van der Waals surface area contributed by atoms with Gasteiger partial charge in [0.25, 0.3) is 0 Å². The first-order chi connectivity index (χ1) is 12.5. The maximum absolute atomic E-state index is 10.2. The van der Waals surface area contributed by atoms with Gasteiger partial charge in [0.2, 0.25) is 0 Å². The molecule has 27 heavy (non-hydrogen) atoms. The Morgan fingerprint density at radius 3 is 2.56 bits per heavy atom. The zero-order chi connectivity index (χ0) is 18.7. The predicted octanol–water partition coefficient (Wildman–Crippen LogP) is -2.41. The second kappa shape index (κ2) is 9.06. The molecule has 8 N–H and O–H groups in total. The van der Waals surface area contributed by atoms with Crippen molar-refractivity contribution in [3.63, 3.8) is 0 Å². The highest BCUT2D eigenvalue weighted by molar-refractivity contribution is 5.85. The van der Waals surface area contributed by atoms with E-state index in [0.29, 0.717) is 17.1 Å². The molecule has 3 rings (SSSR count). The van der Waals surface area contributed by atoms with Crippen molar-refractivity contribution in [1.82, 2.24) is 25.3 Å². The number of nitrogens with one attached hydrogen (secondary N) is 1. The van der Waals surface area contributed by atoms with Gasteiger partial charge < -0.3 is 32.1 Å². The van der Waals surface area contributed by atoms with E-state index >= 15 is 0 Å². The lowest BCUT2D eigenvalue weighted by Gasteiger charge is -2.16. The minimum Gasteiger partial charge on any atom is -0.395 e. The van der Waals surface area contributed by atoms with Crippen molar-refractivity contribution in [3.05, 3.63) is 30.1 Å². The summed E-state index contributed by atoms with van der Waals surface area (Å²) in [5, 5.41) is 40.7. The third-order valence-electron chi connectivity index (χ3n) is 4.33. The highest BCUT2D eigenvalue weighted by atomic mass is 35.5. The Morgan fingerprint density at radius 2 is 1.96 bits per heavy atom. The highest BCUT2D eigenvalue weighted by Gasteiger charge is 2.41. The topological polar surface area (TPSA) is 181 Å². The van der Waals surface area contributed by atoms with Crippen molar-refractivity contribution < 1.29 is 15.3 Å². The summed E-state index contributed by atoms with van der Waals surface area (Å²) in [6, 6.07) is 4.30. The zero-order valence-electron chi connectivity index (χ0n) is 14.4. The molecular weight excluding hydrogens is 376 g/mol. The molecule has 0 amide bonds. The Kier molecular flexibility index (Phi) is 7.05. The summed E-state index contributed by atoms with van der Waals surface area (Å²) in [6.07, 6.45) is -0.473. The van der Waals surface area contributed by atoms with Gasteiger partial charge in [-0.15, -0.1) is 17.5 Å². The standard InChI is InChI=1S/C15H22N8O3.ClH/c16-15(17)19-5-11-12(8-3-1-2-4-18-8)21-22-23(11)6-9-13(25)14(26)10(7-24)20-9;/h1-4,9-10,13-14,20,24-26H,5-7H2,(H4,16,17,19);1H/t9-,10-,13-,14-;/m1./s1. The fraction of sp³-hybridized carbons (Fsp3) is 0.467. The van der Waals surface area contributed by atoms with E-state index in [9.17, 15) is 15.3 Å². The number of pyridine rings is 1. The van der Waals surface area contributed by atoms with Gasteiger partial charge in [0.15, 0.2) is 5.96 Å². The number of guanidine groups is 1. The molecule has 1 saturated heterocycles. The predicted molar refractivity (Wildman–Crippen MR) is 99.8 cm³/mol. The summed E-state index contributed by atoms with van der Waals surface area (Å²) in [5.74, 6) is -0.0699. The van der Waals surface area contributed by atoms with E-state index in [1.165, 1.54) is 0 Å². The molecule has 2 aromatic rings. The molecule has 1 aliphatic rings. The van der Waals surface area contributed by atoms with Crippen LogP contribution >= 0.6 is 12.4 Å². The fourth-order valence-electron chi connectivity index (χ4n) is 2.96. The van der Waals surface area contributed by atoms with Gasteiger partial charge in [-0.2, -0.15) is 0 Å². The Hall–Kier alpha value is -2.31. The van der Waals surface area contributed by atoms with Crippen LogP contribution < -0.4 is 16.8 Å². The van der Waals surface area contributed by atoms with Crippen LogP contribution in [-0.2, 0) is 13.1 Å². The van der Waals surface area contributed by atoms with E-state index in [1.54, 1.807) is 23.0 Å². The zero-order valence-corrected chi connectivity index (χ0v) is 15.2. The SMILES string of the molecule is Cl.NC(N)=NCc1c(-c2ccccn2)nnn1C[C@H]1N[C@H](CO)[C@@H](O)[C@@H]1O. The monoisotopic (exact) mass is 398 g/mol. The van der Waals surface area contributed by atoms with Crippen LogP contribution in [-0.4, -0.2) is 72.2 Å². The second-order valence-electron chi connectivity index (χ2n) is 6.07. The Balaban J connectivity index is 0.00000261. The van der Waals surface area contributed by atoms with E-state index < -0.39 is 24.3 Å². The lowest BCUT2D eigenvalue weighted by molar-refractivity contribution is 0.0174. The number of halogens is 1. The highest BCUT2D eigenvalue weighted by Crippen LogP contribution is 2.22. The van der Waals surface area contributed by atoms with E-state index in [0.717, 1.165) is 0 Å². The average molecular weight is 399 g/mol. The molecule has 0 unspecified atom stereocenters. The number of aliphatic hydroxyl groups excluding tert-OH is 3. The molecule has 11 nitrogen and oxygen atoms in total. The molecule has 0 bridgehead atoms. The number of rotatable bonds is 6. The minimum absolute atomic E-state index is 0. The lowest BCUT2D eigenvalue weighted by atomic mass is 10.1. The van der Waals surface area contributed by atoms with Crippen LogP contribution in [0.5, 0.6) is 0 Å². The van der Waals surface area contributed by atoms with Gasteiger partial charge >= 0.3 is 0 Å². The summed E-state index contributed by atoms with van der Waals surface area (Å²) in [6.45, 7) is 0.0616. The fourth-order valence-corrected chi connectivity index (χ4v) is 2.96. The van der Waals surface area contributed by atoms with Crippen molar-refractivity contribution in [2.24, 2.45) is 16.5 Å². The molecule has 0 spiro atoms. The Bertz CT molecular complexity index is 768. The van der Waals surface area contributed by atoms with E-state index in [1.807, 2.05) is 6.07 Å². The van der Waals surface area contributed by atoms with Gasteiger partial charge in [-0.25, -0.2) is 9.67 Å². The molecule has 0 radical (unpaired) electrons. The smallest absolute Gasteiger partial charge is 0.186 e. The Labute approximate surface area is 161 Å². The number of nitrogens with zero attached hydrogens (tertiary/aromatic N) is 5. The van der Waals surface area contributed by atoms with Gasteiger partial charge in [0.1, 0.15) is 5.69 Å². The molecule has 1 aliphatic heterocycles. The van der Waals surface area contributed by atoms with E-state index in [4.69, 9.17) is 11.5 Å². The van der Waals surface area contributed by atoms with Crippen LogP contribution in [0.3, 0.4) is 0 Å². The number of hydrogen-bond donors (Lipinski definition) is 6. The minimum atomic E-state index is -1.06. The normalized spacial score (nSPS) is 24.4. The number of nitrogens with two attached hydrogens (primary N) is 2. The number of aliphatic hydroxyl groups is 3. The van der Waals surface area contributed by atoms with Crippen LogP contribution in [0.2, 0.25) is 0 Å².